The van der Waals surface area contributed by atoms with E-state index in [0.29, 0.717) is 0 Å². The second-order valence-corrected chi connectivity index (χ2v) is 4.72. The zero-order valence-electron chi connectivity index (χ0n) is 9.41. The molecule has 0 aromatic heterocycles. The summed E-state index contributed by atoms with van der Waals surface area (Å²) in [6.45, 7) is 4.43. The number of carbonyl (C=O) groups excluding carboxylic acids is 1. The van der Waals surface area contributed by atoms with Gasteiger partial charge in [-0.05, 0) is 6.92 Å². The van der Waals surface area contributed by atoms with E-state index in [9.17, 15) is 22.9 Å². The first-order chi connectivity index (χ1) is 7.22. The Bertz CT molecular complexity index is 353. The van der Waals surface area contributed by atoms with Gasteiger partial charge in [-0.2, -0.15) is 0 Å². The molecule has 0 aliphatic carbocycles. The Labute approximate surface area is 126 Å². The van der Waals surface area contributed by atoms with Crippen LogP contribution in [0, 0.1) is 0 Å². The molecule has 1 N–H and O–H groups in total. The van der Waals surface area contributed by atoms with Crippen LogP contribution in [0.4, 0.5) is 0 Å². The molecule has 0 saturated heterocycles. The molecule has 1 unspecified atom stereocenters. The Hall–Kier alpha value is 0.390. The molecule has 0 radical (unpaired) electrons. The molecule has 0 rings (SSSR count). The Morgan fingerprint density at radius 3 is 2.53 bits per heavy atom. The average molecular weight is 294 g/mol. The third-order valence-electron chi connectivity index (χ3n) is 1.15. The van der Waals surface area contributed by atoms with Gasteiger partial charge >= 0.3 is 35.5 Å². The van der Waals surface area contributed by atoms with Crippen molar-refractivity contribution in [3.05, 3.63) is 12.2 Å². The first-order valence-electron chi connectivity index (χ1n) is 4.00. The molecular weight excluding hydrogens is 283 g/mol. The number of ether oxygens (including phenoxy) is 1. The van der Waals surface area contributed by atoms with Crippen LogP contribution < -0.4 is 29.6 Å². The number of hydrogen-bond acceptors (Lipinski definition) is 8. The summed E-state index contributed by atoms with van der Waals surface area (Å²) >= 11 is 0.264. The van der Waals surface area contributed by atoms with Crippen LogP contribution in [0.5, 0.6) is 0 Å². The van der Waals surface area contributed by atoms with Crippen LogP contribution in [-0.4, -0.2) is 42.5 Å². The summed E-state index contributed by atoms with van der Waals surface area (Å²) in [5.74, 6) is -0.883. The maximum absolute atomic E-state index is 10.9. The van der Waals surface area contributed by atoms with Crippen LogP contribution in [0.25, 0.3) is 0 Å². The van der Waals surface area contributed by atoms with Crippen molar-refractivity contribution in [2.45, 2.75) is 13.0 Å². The van der Waals surface area contributed by atoms with Crippen molar-refractivity contribution < 1.29 is 60.8 Å². The second kappa shape index (κ2) is 9.34. The summed E-state index contributed by atoms with van der Waals surface area (Å²) < 4.78 is 38.3. The molecule has 0 amide bonds. The fourth-order valence-corrected chi connectivity index (χ4v) is 1.46. The van der Waals surface area contributed by atoms with Gasteiger partial charge in [0.1, 0.15) is 6.61 Å². The minimum absolute atomic E-state index is 0. The summed E-state index contributed by atoms with van der Waals surface area (Å²) in [5, 5.41) is 9.17. The summed E-state index contributed by atoms with van der Waals surface area (Å²) in [5.41, 5.74) is 0.179. The summed E-state index contributed by atoms with van der Waals surface area (Å²) in [7, 11) is -4.78. The fraction of sp³-hybridized carbons (Fsp3) is 0.571. The van der Waals surface area contributed by atoms with Crippen molar-refractivity contribution in [2.24, 2.45) is 0 Å². The molecule has 0 aromatic rings. The van der Waals surface area contributed by atoms with Crippen molar-refractivity contribution in [1.29, 1.82) is 0 Å². The van der Waals surface area contributed by atoms with E-state index in [2.05, 4.69) is 14.9 Å². The Morgan fingerprint density at radius 2 is 2.12 bits per heavy atom. The molecule has 0 aromatic carbocycles. The van der Waals surface area contributed by atoms with Crippen LogP contribution in [-0.2, 0) is 23.6 Å². The van der Waals surface area contributed by atoms with Crippen molar-refractivity contribution in [1.82, 2.24) is 0 Å². The van der Waals surface area contributed by atoms with Crippen LogP contribution in [0.2, 0.25) is 0 Å². The van der Waals surface area contributed by atoms with E-state index >= 15 is 0 Å². The van der Waals surface area contributed by atoms with E-state index < -0.39 is 22.5 Å². The monoisotopic (exact) mass is 294 g/mol. The fourth-order valence-electron chi connectivity index (χ4n) is 0.508. The molecule has 0 bridgehead atoms. The molecule has 1 atom stereocenters. The van der Waals surface area contributed by atoms with Crippen molar-refractivity contribution in [3.8, 4) is 0 Å². The molecule has 0 spiro atoms. The Balaban J connectivity index is 0. The van der Waals surface area contributed by atoms with Gasteiger partial charge in [0.2, 0.25) is 10.4 Å². The van der Waals surface area contributed by atoms with Crippen molar-refractivity contribution in [2.75, 3.05) is 12.4 Å². The third kappa shape index (κ3) is 12.6. The first-order valence-corrected chi connectivity index (χ1v) is 6.24. The number of carbonyl (C=O) groups is 1. The maximum atomic E-state index is 10.9. The zero-order chi connectivity index (χ0) is 12.8. The van der Waals surface area contributed by atoms with Gasteiger partial charge < -0.3 is 14.4 Å². The second-order valence-electron chi connectivity index (χ2n) is 2.79. The van der Waals surface area contributed by atoms with E-state index in [1.54, 1.807) is 0 Å². The molecule has 0 aliphatic rings. The molecule has 0 fully saturated rings. The van der Waals surface area contributed by atoms with Gasteiger partial charge in [-0.3, -0.25) is 0 Å². The Kier molecular flexibility index (Phi) is 10.8. The summed E-state index contributed by atoms with van der Waals surface area (Å²) in [4.78, 5) is 10.9. The van der Waals surface area contributed by atoms with Gasteiger partial charge in [0, 0.05) is 17.6 Å². The van der Waals surface area contributed by atoms with E-state index in [1.807, 2.05) is 0 Å². The van der Waals surface area contributed by atoms with Gasteiger partial charge in [0.25, 0.3) is 0 Å². The van der Waals surface area contributed by atoms with E-state index in [-0.39, 0.29) is 59.5 Å². The van der Waals surface area contributed by atoms with E-state index in [0.717, 1.165) is 0 Å². The van der Waals surface area contributed by atoms with Gasteiger partial charge in [-0.15, -0.1) is 0 Å². The standard InChI is InChI=1S/C7H12O7S2.Na/c1-5(2)7(9)13-3-6(8)4-15-14-16(10,11)12;/h6,8H,1,3-4H2,2H3,(H,10,11,12);/q;+1/p-1. The number of hydrogen-bond donors (Lipinski definition) is 1. The average Bonchev–Trinajstić information content (AvgIpc) is 2.11. The number of esters is 1. The first kappa shape index (κ1) is 19.7. The zero-order valence-corrected chi connectivity index (χ0v) is 13.0. The van der Waals surface area contributed by atoms with Gasteiger partial charge in [-0.25, -0.2) is 16.8 Å². The quantitative estimate of drug-likeness (QED) is 0.129. The summed E-state index contributed by atoms with van der Waals surface area (Å²) in [6, 6.07) is 0. The van der Waals surface area contributed by atoms with Crippen LogP contribution >= 0.6 is 12.0 Å². The molecule has 94 valence electrons. The van der Waals surface area contributed by atoms with Crippen LogP contribution in [0.3, 0.4) is 0 Å². The van der Waals surface area contributed by atoms with Crippen LogP contribution in [0.15, 0.2) is 12.2 Å². The van der Waals surface area contributed by atoms with E-state index in [1.165, 1.54) is 6.92 Å². The minimum Gasteiger partial charge on any atom is -0.725 e. The molecule has 17 heavy (non-hydrogen) atoms. The summed E-state index contributed by atoms with van der Waals surface area (Å²) in [6.07, 6.45) is -1.13. The number of aliphatic hydroxyl groups excluding tert-OH is 1. The van der Waals surface area contributed by atoms with Gasteiger partial charge in [0.15, 0.2) is 0 Å². The minimum atomic E-state index is -4.78. The van der Waals surface area contributed by atoms with E-state index in [4.69, 9.17) is 0 Å². The number of rotatable bonds is 7. The van der Waals surface area contributed by atoms with Gasteiger partial charge in [0.05, 0.1) is 11.9 Å². The van der Waals surface area contributed by atoms with Crippen LogP contribution in [0.1, 0.15) is 6.92 Å². The Morgan fingerprint density at radius 1 is 1.59 bits per heavy atom. The largest absolute Gasteiger partial charge is 1.00 e. The normalized spacial score (nSPS) is 12.4. The smallest absolute Gasteiger partial charge is 0.725 e. The van der Waals surface area contributed by atoms with Crippen molar-refractivity contribution in [3.63, 3.8) is 0 Å². The van der Waals surface area contributed by atoms with Gasteiger partial charge in [-0.1, -0.05) is 6.58 Å². The SMILES string of the molecule is C=C(C)C(=O)OCC(O)CSOS(=O)(=O)[O-].[Na+]. The molecule has 0 saturated carbocycles. The third-order valence-corrected chi connectivity index (χ3v) is 2.72. The predicted molar refractivity (Wildman–Crippen MR) is 55.0 cm³/mol. The maximum Gasteiger partial charge on any atom is 1.00 e. The molecule has 0 aliphatic heterocycles. The topological polar surface area (TPSA) is 113 Å². The predicted octanol–water partition coefficient (Wildman–Crippen LogP) is -3.40. The molecular formula is C7H11NaO7S2. The number of aliphatic hydroxyl groups is 1. The molecule has 0 heterocycles. The van der Waals surface area contributed by atoms with Crippen molar-refractivity contribution >= 4 is 28.4 Å². The molecule has 7 nitrogen and oxygen atoms in total. The molecule has 10 heteroatoms.